The zero-order valence-corrected chi connectivity index (χ0v) is 21.5. The molecule has 1 aromatic rings. The second kappa shape index (κ2) is 14.7. The molecule has 0 saturated carbocycles. The molecule has 0 aromatic heterocycles. The summed E-state index contributed by atoms with van der Waals surface area (Å²) in [6.45, 7) is 9.23. The smallest absolute Gasteiger partial charge is 0.325 e. The predicted molar refractivity (Wildman–Crippen MR) is 133 cm³/mol. The number of carboxylic acids is 1. The van der Waals surface area contributed by atoms with E-state index < -0.39 is 47.0 Å². The van der Waals surface area contributed by atoms with Gasteiger partial charge in [-0.2, -0.15) is 12.6 Å². The first-order valence-corrected chi connectivity index (χ1v) is 12.1. The lowest BCUT2D eigenvalue weighted by Gasteiger charge is -2.27. The number of nitrogens with one attached hydrogen (secondary N) is 2. The second-order valence-electron chi connectivity index (χ2n) is 9.41. The molecule has 0 saturated heterocycles. The van der Waals surface area contributed by atoms with E-state index in [2.05, 4.69) is 23.3 Å². The van der Waals surface area contributed by atoms with Gasteiger partial charge in [-0.15, -0.1) is 0 Å². The first-order chi connectivity index (χ1) is 15.9. The molecular formula is C25H38N2O6S. The Bertz CT molecular complexity index is 815. The molecule has 0 bridgehead atoms. The summed E-state index contributed by atoms with van der Waals surface area (Å²) < 4.78 is 5.33. The molecule has 2 amide bonds. The maximum atomic E-state index is 13.2. The summed E-state index contributed by atoms with van der Waals surface area (Å²) in [5.41, 5.74) is 0.862. The van der Waals surface area contributed by atoms with Crippen molar-refractivity contribution in [3.63, 3.8) is 0 Å². The van der Waals surface area contributed by atoms with Crippen LogP contribution in [-0.2, 0) is 30.5 Å². The van der Waals surface area contributed by atoms with Crippen molar-refractivity contribution in [3.8, 4) is 0 Å². The van der Waals surface area contributed by atoms with Gasteiger partial charge in [-0.05, 0) is 37.2 Å². The van der Waals surface area contributed by atoms with Crippen LogP contribution in [0.25, 0.3) is 0 Å². The maximum Gasteiger partial charge on any atom is 0.325 e. The molecule has 0 aliphatic carbocycles. The van der Waals surface area contributed by atoms with Crippen LogP contribution in [0.1, 0.15) is 59.4 Å². The summed E-state index contributed by atoms with van der Waals surface area (Å²) in [7, 11) is 0. The lowest BCUT2D eigenvalue weighted by Crippen LogP contribution is -2.53. The molecule has 4 atom stereocenters. The van der Waals surface area contributed by atoms with Crippen LogP contribution in [0, 0.1) is 17.8 Å². The lowest BCUT2D eigenvalue weighted by molar-refractivity contribution is -0.145. The van der Waals surface area contributed by atoms with Crippen LogP contribution in [0.5, 0.6) is 0 Å². The van der Waals surface area contributed by atoms with Crippen molar-refractivity contribution in [2.75, 3.05) is 0 Å². The van der Waals surface area contributed by atoms with Gasteiger partial charge in [0.05, 0.1) is 12.3 Å². The first kappa shape index (κ1) is 29.5. The first-order valence-electron chi connectivity index (χ1n) is 11.6. The number of ether oxygens (including phenoxy) is 1. The minimum absolute atomic E-state index is 0.0577. The molecule has 0 aliphatic rings. The fourth-order valence-corrected chi connectivity index (χ4v) is 3.82. The number of hydrogen-bond acceptors (Lipinski definition) is 6. The molecule has 0 aliphatic heterocycles. The minimum atomic E-state index is -1.16. The van der Waals surface area contributed by atoms with Crippen molar-refractivity contribution >= 4 is 36.4 Å². The van der Waals surface area contributed by atoms with Crippen LogP contribution in [0.15, 0.2) is 30.3 Å². The number of carboxylic acid groups (broad SMARTS) is 1. The summed E-state index contributed by atoms with van der Waals surface area (Å²) in [4.78, 5) is 49.3. The van der Waals surface area contributed by atoms with Gasteiger partial charge in [-0.25, -0.2) is 0 Å². The van der Waals surface area contributed by atoms with Gasteiger partial charge < -0.3 is 20.5 Å². The Morgan fingerprint density at radius 2 is 1.50 bits per heavy atom. The van der Waals surface area contributed by atoms with Gasteiger partial charge in [0.25, 0.3) is 0 Å². The molecule has 0 fully saturated rings. The maximum absolute atomic E-state index is 13.2. The number of carbonyl (C=O) groups excluding carboxylic acids is 3. The molecule has 0 radical (unpaired) electrons. The van der Waals surface area contributed by atoms with E-state index in [0.717, 1.165) is 5.56 Å². The largest absolute Gasteiger partial charge is 0.480 e. The van der Waals surface area contributed by atoms with Crippen molar-refractivity contribution in [2.24, 2.45) is 17.8 Å². The fraction of sp³-hybridized carbons (Fsp3) is 0.600. The minimum Gasteiger partial charge on any atom is -0.480 e. The van der Waals surface area contributed by atoms with E-state index in [-0.39, 0.29) is 24.9 Å². The van der Waals surface area contributed by atoms with Crippen molar-refractivity contribution in [1.29, 1.82) is 0 Å². The summed E-state index contributed by atoms with van der Waals surface area (Å²) in [5, 5.41) is 13.7. The van der Waals surface area contributed by atoms with Gasteiger partial charge in [0.2, 0.25) is 11.8 Å². The molecule has 2 unspecified atom stereocenters. The van der Waals surface area contributed by atoms with E-state index in [0.29, 0.717) is 12.8 Å². The van der Waals surface area contributed by atoms with Crippen LogP contribution >= 0.6 is 12.6 Å². The summed E-state index contributed by atoms with van der Waals surface area (Å²) in [6.07, 6.45) is 0.750. The monoisotopic (exact) mass is 494 g/mol. The molecule has 1 aromatic carbocycles. The van der Waals surface area contributed by atoms with Crippen LogP contribution in [-0.4, -0.2) is 46.2 Å². The van der Waals surface area contributed by atoms with Gasteiger partial charge in [-0.3, -0.25) is 19.2 Å². The third-order valence-corrected chi connectivity index (χ3v) is 5.76. The normalized spacial score (nSPS) is 14.7. The Morgan fingerprint density at radius 3 is 2.03 bits per heavy atom. The van der Waals surface area contributed by atoms with Gasteiger partial charge in [0, 0.05) is 5.25 Å². The zero-order valence-electron chi connectivity index (χ0n) is 20.6. The molecule has 1 rings (SSSR count). The van der Waals surface area contributed by atoms with E-state index >= 15 is 0 Å². The topological polar surface area (TPSA) is 122 Å². The molecule has 0 spiro atoms. The van der Waals surface area contributed by atoms with E-state index in [1.807, 2.05) is 58.0 Å². The van der Waals surface area contributed by atoms with Crippen molar-refractivity contribution in [1.82, 2.24) is 10.6 Å². The van der Waals surface area contributed by atoms with Crippen LogP contribution in [0.2, 0.25) is 0 Å². The van der Waals surface area contributed by atoms with Gasteiger partial charge in [0.15, 0.2) is 0 Å². The highest BCUT2D eigenvalue weighted by atomic mass is 32.1. The third kappa shape index (κ3) is 11.0. The number of aliphatic carboxylic acids is 1. The summed E-state index contributed by atoms with van der Waals surface area (Å²) in [6, 6.07) is 7.32. The Kier molecular flexibility index (Phi) is 12.7. The number of thiol groups is 1. The molecule has 0 heterocycles. The lowest BCUT2D eigenvalue weighted by atomic mass is 9.90. The van der Waals surface area contributed by atoms with Gasteiger partial charge in [-0.1, -0.05) is 58.0 Å². The Morgan fingerprint density at radius 1 is 0.912 bits per heavy atom. The number of benzene rings is 1. The number of esters is 1. The van der Waals surface area contributed by atoms with Crippen molar-refractivity contribution in [2.45, 2.75) is 77.8 Å². The molecule has 8 nitrogen and oxygen atoms in total. The Balaban J connectivity index is 2.85. The summed E-state index contributed by atoms with van der Waals surface area (Å²) in [5.74, 6) is -2.98. The van der Waals surface area contributed by atoms with E-state index in [9.17, 15) is 19.2 Å². The van der Waals surface area contributed by atoms with Gasteiger partial charge >= 0.3 is 11.9 Å². The molecule has 3 N–H and O–H groups in total. The predicted octanol–water partition coefficient (Wildman–Crippen LogP) is 3.20. The molecule has 34 heavy (non-hydrogen) atoms. The quantitative estimate of drug-likeness (QED) is 0.233. The molecular weight excluding hydrogens is 456 g/mol. The highest BCUT2D eigenvalue weighted by Gasteiger charge is 2.32. The van der Waals surface area contributed by atoms with Crippen LogP contribution in [0.4, 0.5) is 0 Å². The van der Waals surface area contributed by atoms with Crippen LogP contribution < -0.4 is 10.6 Å². The Hall–Kier alpha value is -2.55. The SMILES string of the molecule is CC(C)CC(C(=O)N[C@@H](CC(C)C)C(=O)N[C@@H](C)C(=O)O)C(S)CC(=O)OCc1ccccc1. The highest BCUT2D eigenvalue weighted by Crippen LogP contribution is 2.24. The highest BCUT2D eigenvalue weighted by molar-refractivity contribution is 7.81. The average Bonchev–Trinajstić information content (AvgIpc) is 2.75. The van der Waals surface area contributed by atoms with E-state index in [1.165, 1.54) is 6.92 Å². The van der Waals surface area contributed by atoms with E-state index in [4.69, 9.17) is 9.84 Å². The van der Waals surface area contributed by atoms with Crippen molar-refractivity contribution in [3.05, 3.63) is 35.9 Å². The fourth-order valence-electron chi connectivity index (χ4n) is 3.41. The van der Waals surface area contributed by atoms with Crippen molar-refractivity contribution < 1.29 is 29.0 Å². The number of hydrogen-bond donors (Lipinski definition) is 4. The average molecular weight is 495 g/mol. The molecule has 190 valence electrons. The standard InChI is InChI=1S/C25H38N2O6S/c1-15(2)11-19(21(34)13-22(28)33-14-18-9-7-6-8-10-18)23(29)27-20(12-16(3)4)24(30)26-17(5)25(31)32/h6-10,15-17,19-21,34H,11-14H2,1-5H3,(H,26,30)(H,27,29)(H,31,32)/t17-,19?,20-,21?/m0/s1. The number of rotatable bonds is 14. The van der Waals surface area contributed by atoms with Crippen LogP contribution in [0.3, 0.4) is 0 Å². The summed E-state index contributed by atoms with van der Waals surface area (Å²) >= 11 is 4.55. The third-order valence-electron chi connectivity index (χ3n) is 5.21. The Labute approximate surface area is 207 Å². The number of carbonyl (C=O) groups is 4. The zero-order chi connectivity index (χ0) is 25.8. The van der Waals surface area contributed by atoms with E-state index in [1.54, 1.807) is 0 Å². The van der Waals surface area contributed by atoms with Gasteiger partial charge in [0.1, 0.15) is 18.7 Å². The number of amides is 2. The molecule has 9 heteroatoms. The second-order valence-corrected chi connectivity index (χ2v) is 10.1.